The third-order valence-electron chi connectivity index (χ3n) is 5.68. The van der Waals surface area contributed by atoms with Crippen LogP contribution in [-0.2, 0) is 26.2 Å². The molecule has 12 heteroatoms. The fraction of sp³-hybridized carbons (Fsp3) is 0.259. The van der Waals surface area contributed by atoms with Gasteiger partial charge in [-0.1, -0.05) is 12.1 Å². The Kier molecular flexibility index (Phi) is 10.2. The van der Waals surface area contributed by atoms with Gasteiger partial charge in [0.25, 0.3) is 15.9 Å². The average molecular weight is 560 g/mol. The number of nitrogens with zero attached hydrogens (tertiary/aromatic N) is 1. The van der Waals surface area contributed by atoms with Crippen molar-refractivity contribution >= 4 is 27.5 Å². The first kappa shape index (κ1) is 29.4. The second-order valence-corrected chi connectivity index (χ2v) is 10.1. The largest absolute Gasteiger partial charge is 0.497 e. The number of benzene rings is 3. The third kappa shape index (κ3) is 8.42. The lowest BCUT2D eigenvalue weighted by Crippen LogP contribution is -2.49. The minimum Gasteiger partial charge on any atom is -0.497 e. The molecule has 2 amide bonds. The summed E-state index contributed by atoms with van der Waals surface area (Å²) in [7, 11) is -2.39. The summed E-state index contributed by atoms with van der Waals surface area (Å²) in [5.41, 5.74) is 0.964. The number of methoxy groups -OCH3 is 1. The molecule has 39 heavy (non-hydrogen) atoms. The van der Waals surface area contributed by atoms with E-state index in [-0.39, 0.29) is 36.0 Å². The van der Waals surface area contributed by atoms with Gasteiger partial charge < -0.3 is 24.8 Å². The molecule has 0 radical (unpaired) electrons. The maximum Gasteiger partial charge on any atom is 0.261 e. The van der Waals surface area contributed by atoms with Crippen molar-refractivity contribution in [3.63, 3.8) is 0 Å². The number of carbonyl (C=O) groups excluding carboxylic acids is 2. The number of aliphatic hydroxyl groups excluding tert-OH is 1. The van der Waals surface area contributed by atoms with Gasteiger partial charge in [0.15, 0.2) is 6.61 Å². The topological polar surface area (TPSA) is 134 Å². The van der Waals surface area contributed by atoms with E-state index in [9.17, 15) is 22.4 Å². The smallest absolute Gasteiger partial charge is 0.261 e. The van der Waals surface area contributed by atoms with Crippen molar-refractivity contribution in [2.45, 2.75) is 24.4 Å². The molecule has 0 unspecified atom stereocenters. The summed E-state index contributed by atoms with van der Waals surface area (Å²) in [5, 5.41) is 11.6. The molecule has 0 saturated carbocycles. The quantitative estimate of drug-likeness (QED) is 0.293. The van der Waals surface area contributed by atoms with Crippen LogP contribution in [0, 0.1) is 5.82 Å². The lowest BCUT2D eigenvalue weighted by Gasteiger charge is -2.28. The summed E-state index contributed by atoms with van der Waals surface area (Å²) in [4.78, 5) is 27.0. The van der Waals surface area contributed by atoms with Crippen LogP contribution in [-0.4, -0.2) is 63.1 Å². The maximum atomic E-state index is 13.1. The van der Waals surface area contributed by atoms with Gasteiger partial charge in [0.2, 0.25) is 5.91 Å². The molecule has 0 spiro atoms. The molecule has 0 heterocycles. The van der Waals surface area contributed by atoms with E-state index in [0.29, 0.717) is 5.75 Å². The van der Waals surface area contributed by atoms with Crippen LogP contribution in [0.5, 0.6) is 11.5 Å². The summed E-state index contributed by atoms with van der Waals surface area (Å²) < 4.78 is 51.4. The van der Waals surface area contributed by atoms with E-state index in [1.54, 1.807) is 38.3 Å². The first-order chi connectivity index (χ1) is 18.6. The Morgan fingerprint density at radius 1 is 0.974 bits per heavy atom. The molecule has 10 nitrogen and oxygen atoms in total. The third-order valence-corrected chi connectivity index (χ3v) is 7.08. The molecule has 3 aromatic carbocycles. The van der Waals surface area contributed by atoms with Crippen molar-refractivity contribution < 1.29 is 37.0 Å². The second kappa shape index (κ2) is 13.6. The minimum atomic E-state index is -3.93. The average Bonchev–Trinajstić information content (AvgIpc) is 2.94. The highest BCUT2D eigenvalue weighted by molar-refractivity contribution is 7.92. The van der Waals surface area contributed by atoms with Gasteiger partial charge in [-0.3, -0.25) is 14.3 Å². The van der Waals surface area contributed by atoms with Crippen LogP contribution >= 0.6 is 0 Å². The Balaban J connectivity index is 1.68. The Morgan fingerprint density at radius 3 is 2.18 bits per heavy atom. The van der Waals surface area contributed by atoms with Crippen molar-refractivity contribution in [1.29, 1.82) is 0 Å². The summed E-state index contributed by atoms with van der Waals surface area (Å²) in [5.74, 6) is -0.518. The van der Waals surface area contributed by atoms with Crippen LogP contribution in [0.3, 0.4) is 0 Å². The summed E-state index contributed by atoms with van der Waals surface area (Å²) >= 11 is 0. The van der Waals surface area contributed by atoms with Gasteiger partial charge in [-0.05, 0) is 73.2 Å². The molecule has 3 N–H and O–H groups in total. The fourth-order valence-corrected chi connectivity index (χ4v) is 4.57. The normalized spacial score (nSPS) is 11.8. The van der Waals surface area contributed by atoms with Gasteiger partial charge in [0.1, 0.15) is 23.4 Å². The highest BCUT2D eigenvalue weighted by Gasteiger charge is 2.26. The van der Waals surface area contributed by atoms with E-state index in [0.717, 1.165) is 17.7 Å². The molecule has 3 rings (SSSR count). The standard InChI is InChI=1S/C27H30FN3O7S/c1-19(27(34)29-15-16-32)31(17-20-3-9-23(37-2)10-4-20)26(33)18-38-24-11-13-25(14-12-24)39(35,36)30-22-7-5-21(28)6-8-22/h3-14,19,30,32H,15-18H2,1-2H3,(H,29,34)/t19-/m0/s1. The number of nitrogens with one attached hydrogen (secondary N) is 2. The van der Waals surface area contributed by atoms with Gasteiger partial charge in [0, 0.05) is 18.8 Å². The fourth-order valence-electron chi connectivity index (χ4n) is 3.51. The zero-order valence-corrected chi connectivity index (χ0v) is 22.3. The zero-order chi connectivity index (χ0) is 28.4. The number of halogens is 1. The number of anilines is 1. The number of rotatable bonds is 13. The monoisotopic (exact) mass is 559 g/mol. The number of ether oxygens (including phenoxy) is 2. The van der Waals surface area contributed by atoms with E-state index >= 15 is 0 Å². The SMILES string of the molecule is COc1ccc(CN(C(=O)COc2ccc(S(=O)(=O)Nc3ccc(F)cc3)cc2)[C@@H](C)C(=O)NCCO)cc1. The van der Waals surface area contributed by atoms with Crippen LogP contribution < -0.4 is 19.5 Å². The van der Waals surface area contributed by atoms with Crippen LogP contribution in [0.25, 0.3) is 0 Å². The number of amides is 2. The molecule has 0 aromatic heterocycles. The predicted octanol–water partition coefficient (Wildman–Crippen LogP) is 2.54. The number of hydrogen-bond acceptors (Lipinski definition) is 7. The van der Waals surface area contributed by atoms with E-state index in [1.165, 1.54) is 41.3 Å². The van der Waals surface area contributed by atoms with Gasteiger partial charge in [-0.25, -0.2) is 12.8 Å². The number of carbonyl (C=O) groups is 2. The Hall–Kier alpha value is -4.16. The number of sulfonamides is 1. The molecule has 208 valence electrons. The van der Waals surface area contributed by atoms with Gasteiger partial charge in [-0.2, -0.15) is 0 Å². The predicted molar refractivity (Wildman–Crippen MR) is 142 cm³/mol. The maximum absolute atomic E-state index is 13.1. The molecule has 0 aliphatic heterocycles. The van der Waals surface area contributed by atoms with Gasteiger partial charge >= 0.3 is 0 Å². The van der Waals surface area contributed by atoms with Gasteiger partial charge in [0.05, 0.1) is 18.6 Å². The van der Waals surface area contributed by atoms with E-state index in [1.807, 2.05) is 0 Å². The summed E-state index contributed by atoms with van der Waals surface area (Å²) in [6, 6.07) is 16.5. The van der Waals surface area contributed by atoms with Gasteiger partial charge in [-0.15, -0.1) is 0 Å². The molecule has 0 fully saturated rings. The molecule has 0 aliphatic rings. The van der Waals surface area contributed by atoms with Crippen molar-refractivity contribution in [3.05, 3.63) is 84.2 Å². The minimum absolute atomic E-state index is 0.0511. The van der Waals surface area contributed by atoms with Crippen molar-refractivity contribution in [2.24, 2.45) is 0 Å². The lowest BCUT2D eigenvalue weighted by atomic mass is 10.1. The summed E-state index contributed by atoms with van der Waals surface area (Å²) in [6.07, 6.45) is 0. The van der Waals surface area contributed by atoms with Crippen LogP contribution in [0.1, 0.15) is 12.5 Å². The van der Waals surface area contributed by atoms with E-state index in [2.05, 4.69) is 10.0 Å². The molecule has 0 saturated heterocycles. The first-order valence-electron chi connectivity index (χ1n) is 11.9. The second-order valence-electron chi connectivity index (χ2n) is 8.43. The van der Waals surface area contributed by atoms with E-state index < -0.39 is 40.3 Å². The Bertz CT molecular complexity index is 1350. The number of aliphatic hydroxyl groups is 1. The van der Waals surface area contributed by atoms with Crippen molar-refractivity contribution in [3.8, 4) is 11.5 Å². The molecule has 0 aliphatic carbocycles. The lowest BCUT2D eigenvalue weighted by molar-refractivity contribution is -0.142. The van der Waals surface area contributed by atoms with Crippen LogP contribution in [0.4, 0.5) is 10.1 Å². The molecular formula is C27H30FN3O7S. The zero-order valence-electron chi connectivity index (χ0n) is 21.5. The highest BCUT2D eigenvalue weighted by atomic mass is 32.2. The number of hydrogen-bond donors (Lipinski definition) is 3. The molecular weight excluding hydrogens is 529 g/mol. The molecule has 0 bridgehead atoms. The van der Waals surface area contributed by atoms with E-state index in [4.69, 9.17) is 14.6 Å². The Labute approximate surface area is 226 Å². The first-order valence-corrected chi connectivity index (χ1v) is 13.4. The van der Waals surface area contributed by atoms with Crippen LogP contribution in [0.2, 0.25) is 0 Å². The highest BCUT2D eigenvalue weighted by Crippen LogP contribution is 2.20. The molecule has 1 atom stereocenters. The summed E-state index contributed by atoms with van der Waals surface area (Å²) in [6.45, 7) is 1.09. The van der Waals surface area contributed by atoms with Crippen LogP contribution in [0.15, 0.2) is 77.7 Å². The Morgan fingerprint density at radius 2 is 1.59 bits per heavy atom. The van der Waals surface area contributed by atoms with Crippen molar-refractivity contribution in [1.82, 2.24) is 10.2 Å². The molecule has 3 aromatic rings. The van der Waals surface area contributed by atoms with Crippen molar-refractivity contribution in [2.75, 3.05) is 31.6 Å².